The van der Waals surface area contributed by atoms with Crippen molar-refractivity contribution < 1.29 is 29.2 Å². The zero-order chi connectivity index (χ0) is 27.7. The van der Waals surface area contributed by atoms with Crippen LogP contribution in [0.15, 0.2) is 11.6 Å². The standard InChI is InChI=1S/C32H50O6/c1-18(15-22(34)26-28(5,6)38-26)20-9-11-29(7)21(20)16-23(37-19(2)33)25-30(29,8)12-10-24-27(3,4)32(35)14-13-31(24,25)17-36-32/h15,20-26,34-35H,9-14,16-17H2,1-8H3. The summed E-state index contributed by atoms with van der Waals surface area (Å²) in [5.74, 6) is 0.0282. The summed E-state index contributed by atoms with van der Waals surface area (Å²) in [4.78, 5) is 12.6. The zero-order valence-electron chi connectivity index (χ0n) is 24.8. The van der Waals surface area contributed by atoms with E-state index in [1.54, 1.807) is 6.92 Å². The molecule has 2 bridgehead atoms. The summed E-state index contributed by atoms with van der Waals surface area (Å²) >= 11 is 0. The molecule has 0 aromatic carbocycles. The van der Waals surface area contributed by atoms with E-state index in [1.807, 2.05) is 19.9 Å². The summed E-state index contributed by atoms with van der Waals surface area (Å²) in [6, 6.07) is 0. The van der Waals surface area contributed by atoms with E-state index in [4.69, 9.17) is 14.2 Å². The molecule has 38 heavy (non-hydrogen) atoms. The SMILES string of the molecule is CC(=O)OC1CC2C(C(C)=CC(O)C3OC3(C)C)CCC2(C)C2(C)CCC3C4(CCC(O)(OC4)C3(C)C)C12. The minimum atomic E-state index is -1.06. The Balaban J connectivity index is 1.38. The number of aliphatic hydroxyl groups excluding tert-OH is 1. The van der Waals surface area contributed by atoms with E-state index in [-0.39, 0.29) is 51.4 Å². The maximum atomic E-state index is 12.6. The van der Waals surface area contributed by atoms with Gasteiger partial charge in [0.05, 0.1) is 12.2 Å². The molecule has 6 heteroatoms. The molecule has 6 nitrogen and oxygen atoms in total. The topological polar surface area (TPSA) is 88.5 Å². The van der Waals surface area contributed by atoms with Crippen molar-refractivity contribution in [1.82, 2.24) is 0 Å². The van der Waals surface area contributed by atoms with Crippen LogP contribution in [-0.4, -0.2) is 52.5 Å². The van der Waals surface area contributed by atoms with Crippen LogP contribution in [0.5, 0.6) is 0 Å². The lowest BCUT2D eigenvalue weighted by atomic mass is 9.33. The van der Waals surface area contributed by atoms with E-state index in [2.05, 4.69) is 34.6 Å². The number of ether oxygens (including phenoxy) is 3. The van der Waals surface area contributed by atoms with Gasteiger partial charge in [0, 0.05) is 30.1 Å². The normalized spacial score (nSPS) is 52.9. The lowest BCUT2D eigenvalue weighted by Gasteiger charge is -2.74. The Hall–Kier alpha value is -0.950. The summed E-state index contributed by atoms with van der Waals surface area (Å²) in [5.41, 5.74) is 0.653. The first-order valence-electron chi connectivity index (χ1n) is 15.1. The third kappa shape index (κ3) is 3.36. The number of aliphatic hydroxyl groups is 2. The third-order valence-electron chi connectivity index (χ3n) is 13.5. The summed E-state index contributed by atoms with van der Waals surface area (Å²) in [7, 11) is 0. The molecule has 214 valence electrons. The first-order valence-corrected chi connectivity index (χ1v) is 15.1. The van der Waals surface area contributed by atoms with Crippen molar-refractivity contribution in [1.29, 1.82) is 0 Å². The largest absolute Gasteiger partial charge is 0.462 e. The molecule has 7 aliphatic rings. The van der Waals surface area contributed by atoms with Crippen LogP contribution in [-0.2, 0) is 19.0 Å². The molecular formula is C32H50O6. The van der Waals surface area contributed by atoms with Gasteiger partial charge in [0.1, 0.15) is 18.3 Å². The maximum Gasteiger partial charge on any atom is 0.302 e. The van der Waals surface area contributed by atoms with Crippen LogP contribution in [0.4, 0.5) is 0 Å². The van der Waals surface area contributed by atoms with Crippen LogP contribution in [0.2, 0.25) is 0 Å². The van der Waals surface area contributed by atoms with Gasteiger partial charge in [-0.2, -0.15) is 0 Å². The molecule has 0 amide bonds. The predicted molar refractivity (Wildman–Crippen MR) is 144 cm³/mol. The molecule has 3 saturated heterocycles. The van der Waals surface area contributed by atoms with Gasteiger partial charge in [-0.1, -0.05) is 39.3 Å². The quantitative estimate of drug-likeness (QED) is 0.288. The average molecular weight is 531 g/mol. The number of allylic oxidation sites excluding steroid dienone is 1. The van der Waals surface area contributed by atoms with Crippen LogP contribution in [0.1, 0.15) is 100 Å². The number of carbonyl (C=O) groups excluding carboxylic acids is 1. The Kier molecular flexibility index (Phi) is 5.79. The monoisotopic (exact) mass is 530 g/mol. The number of rotatable bonds is 4. The molecule has 0 radical (unpaired) electrons. The van der Waals surface area contributed by atoms with Gasteiger partial charge in [-0.05, 0) is 87.9 Å². The molecule has 1 spiro atoms. The van der Waals surface area contributed by atoms with Crippen molar-refractivity contribution in [3.05, 3.63) is 11.6 Å². The average Bonchev–Trinajstić information content (AvgIpc) is 3.31. The van der Waals surface area contributed by atoms with E-state index >= 15 is 0 Å². The molecular weight excluding hydrogens is 480 g/mol. The second-order valence-electron chi connectivity index (χ2n) is 15.6. The van der Waals surface area contributed by atoms with Gasteiger partial charge in [-0.3, -0.25) is 4.79 Å². The van der Waals surface area contributed by atoms with E-state index in [0.717, 1.165) is 38.5 Å². The Morgan fingerprint density at radius 1 is 1.00 bits per heavy atom. The van der Waals surface area contributed by atoms with E-state index in [0.29, 0.717) is 30.8 Å². The number of fused-ring (bicyclic) bond motifs is 5. The summed E-state index contributed by atoms with van der Waals surface area (Å²) in [6.07, 6.45) is 7.98. The Morgan fingerprint density at radius 2 is 1.66 bits per heavy atom. The van der Waals surface area contributed by atoms with Crippen LogP contribution < -0.4 is 0 Å². The van der Waals surface area contributed by atoms with E-state index in [1.165, 1.54) is 5.57 Å². The number of hydrogen-bond acceptors (Lipinski definition) is 6. The Bertz CT molecular complexity index is 1040. The van der Waals surface area contributed by atoms with Gasteiger partial charge in [-0.15, -0.1) is 0 Å². The second-order valence-corrected chi connectivity index (χ2v) is 15.6. The van der Waals surface area contributed by atoms with Crippen LogP contribution >= 0.6 is 0 Å². The third-order valence-corrected chi connectivity index (χ3v) is 13.5. The molecule has 11 unspecified atom stereocenters. The van der Waals surface area contributed by atoms with Crippen LogP contribution in [0.25, 0.3) is 0 Å². The van der Waals surface area contributed by atoms with Gasteiger partial charge < -0.3 is 24.4 Å². The van der Waals surface area contributed by atoms with Crippen LogP contribution in [0.3, 0.4) is 0 Å². The van der Waals surface area contributed by atoms with Gasteiger partial charge >= 0.3 is 5.97 Å². The van der Waals surface area contributed by atoms with Gasteiger partial charge in [-0.25, -0.2) is 0 Å². The molecule has 3 heterocycles. The number of carbonyl (C=O) groups is 1. The number of esters is 1. The highest BCUT2D eigenvalue weighted by Crippen LogP contribution is 2.78. The highest BCUT2D eigenvalue weighted by Gasteiger charge is 2.76. The number of epoxide rings is 1. The lowest BCUT2D eigenvalue weighted by molar-refractivity contribution is -0.404. The molecule has 0 aromatic heterocycles. The fraction of sp³-hybridized carbons (Fsp3) is 0.906. The molecule has 4 aliphatic carbocycles. The lowest BCUT2D eigenvalue weighted by Crippen LogP contribution is -2.75. The molecule has 2 N–H and O–H groups in total. The highest BCUT2D eigenvalue weighted by molar-refractivity contribution is 5.66. The summed E-state index contributed by atoms with van der Waals surface area (Å²) in [6.45, 7) is 17.7. The zero-order valence-corrected chi connectivity index (χ0v) is 24.8. The van der Waals surface area contributed by atoms with Gasteiger partial charge in [0.2, 0.25) is 0 Å². The van der Waals surface area contributed by atoms with Crippen molar-refractivity contribution in [3.63, 3.8) is 0 Å². The van der Waals surface area contributed by atoms with Crippen molar-refractivity contribution in [2.45, 2.75) is 130 Å². The first-order chi connectivity index (χ1) is 17.5. The molecule has 11 atom stereocenters. The molecule has 3 aliphatic heterocycles. The smallest absolute Gasteiger partial charge is 0.302 e. The minimum absolute atomic E-state index is 0.00594. The van der Waals surface area contributed by atoms with Gasteiger partial charge in [0.15, 0.2) is 5.79 Å². The van der Waals surface area contributed by atoms with Crippen molar-refractivity contribution >= 4 is 5.97 Å². The van der Waals surface area contributed by atoms with Crippen molar-refractivity contribution in [2.24, 2.45) is 45.3 Å². The van der Waals surface area contributed by atoms with E-state index < -0.39 is 11.9 Å². The van der Waals surface area contributed by atoms with Crippen molar-refractivity contribution in [2.75, 3.05) is 6.61 Å². The first kappa shape index (κ1) is 27.2. The predicted octanol–water partition coefficient (Wildman–Crippen LogP) is 5.40. The van der Waals surface area contributed by atoms with Gasteiger partial charge in [0.25, 0.3) is 0 Å². The van der Waals surface area contributed by atoms with Crippen molar-refractivity contribution in [3.8, 4) is 0 Å². The Labute approximate surface area is 228 Å². The minimum Gasteiger partial charge on any atom is -0.462 e. The summed E-state index contributed by atoms with van der Waals surface area (Å²) < 4.78 is 18.4. The fourth-order valence-electron chi connectivity index (χ4n) is 11.3. The maximum absolute atomic E-state index is 12.6. The molecule has 7 fully saturated rings. The van der Waals surface area contributed by atoms with Crippen LogP contribution in [0, 0.1) is 45.3 Å². The number of hydrogen-bond donors (Lipinski definition) is 2. The Morgan fingerprint density at radius 3 is 2.24 bits per heavy atom. The second kappa shape index (κ2) is 8.08. The molecule has 0 aromatic rings. The summed E-state index contributed by atoms with van der Waals surface area (Å²) in [5, 5.41) is 22.3. The fourth-order valence-corrected chi connectivity index (χ4v) is 11.3. The highest BCUT2D eigenvalue weighted by atomic mass is 16.6. The molecule has 4 saturated carbocycles. The molecule has 7 rings (SSSR count). The van der Waals surface area contributed by atoms with E-state index in [9.17, 15) is 15.0 Å².